The number of halogens is 1. The lowest BCUT2D eigenvalue weighted by atomic mass is 10.0. The van der Waals surface area contributed by atoms with Crippen LogP contribution in [0.5, 0.6) is 0 Å². The van der Waals surface area contributed by atoms with E-state index in [1.54, 1.807) is 24.3 Å². The summed E-state index contributed by atoms with van der Waals surface area (Å²) in [6.45, 7) is 8.45. The number of amides is 2. The Morgan fingerprint density at radius 1 is 1.10 bits per heavy atom. The van der Waals surface area contributed by atoms with Crippen molar-refractivity contribution in [2.24, 2.45) is 11.8 Å². The van der Waals surface area contributed by atoms with Gasteiger partial charge in [0.25, 0.3) is 5.91 Å². The molecule has 1 aromatic carbocycles. The predicted molar refractivity (Wildman–Crippen MR) is 85.4 cm³/mol. The quantitative estimate of drug-likeness (QED) is 0.849. The first kappa shape index (κ1) is 17.5. The maximum absolute atomic E-state index is 12.2. The van der Waals surface area contributed by atoms with Gasteiger partial charge < -0.3 is 10.6 Å². The highest BCUT2D eigenvalue weighted by Gasteiger charge is 2.24. The monoisotopic (exact) mass is 310 g/mol. The summed E-state index contributed by atoms with van der Waals surface area (Å²) in [6.07, 6.45) is 0. The molecule has 2 amide bonds. The summed E-state index contributed by atoms with van der Waals surface area (Å²) in [7, 11) is 0. The lowest BCUT2D eigenvalue weighted by Crippen LogP contribution is -2.50. The summed E-state index contributed by atoms with van der Waals surface area (Å²) >= 11 is 5.80. The highest BCUT2D eigenvalue weighted by atomic mass is 35.5. The van der Waals surface area contributed by atoms with Crippen LogP contribution in [0.15, 0.2) is 24.3 Å². The molecule has 4 nitrogen and oxygen atoms in total. The molecule has 5 heteroatoms. The molecule has 0 aliphatic carbocycles. The Kier molecular flexibility index (Phi) is 6.69. The van der Waals surface area contributed by atoms with E-state index in [9.17, 15) is 9.59 Å². The number of hydrogen-bond donors (Lipinski definition) is 2. The Balaban J connectivity index is 2.71. The second kappa shape index (κ2) is 8.03. The van der Waals surface area contributed by atoms with Gasteiger partial charge in [-0.05, 0) is 36.1 Å². The fraction of sp³-hybridized carbons (Fsp3) is 0.500. The van der Waals surface area contributed by atoms with E-state index in [-0.39, 0.29) is 17.7 Å². The normalized spacial score (nSPS) is 12.3. The van der Waals surface area contributed by atoms with E-state index in [0.717, 1.165) is 0 Å². The molecule has 0 spiro atoms. The molecule has 0 aromatic heterocycles. The van der Waals surface area contributed by atoms with Gasteiger partial charge in [-0.2, -0.15) is 0 Å². The number of carbonyl (C=O) groups excluding carboxylic acids is 2. The summed E-state index contributed by atoms with van der Waals surface area (Å²) in [5.41, 5.74) is 0.488. The van der Waals surface area contributed by atoms with Crippen LogP contribution >= 0.6 is 11.6 Å². The van der Waals surface area contributed by atoms with Crippen molar-refractivity contribution in [3.63, 3.8) is 0 Å². The highest BCUT2D eigenvalue weighted by molar-refractivity contribution is 6.30. The Bertz CT molecular complexity index is 484. The van der Waals surface area contributed by atoms with E-state index < -0.39 is 6.04 Å². The van der Waals surface area contributed by atoms with Gasteiger partial charge in [-0.25, -0.2) is 0 Å². The van der Waals surface area contributed by atoms with Crippen LogP contribution in [0, 0.1) is 11.8 Å². The van der Waals surface area contributed by atoms with Gasteiger partial charge in [0.2, 0.25) is 5.91 Å². The standard InChI is InChI=1S/C16H23ClN2O2/c1-10(2)9-18-16(21)14(11(3)4)19-15(20)12-5-7-13(17)8-6-12/h5-8,10-11,14H,9H2,1-4H3,(H,18,21)(H,19,20)/t14-/m0/s1. The van der Waals surface area contributed by atoms with Gasteiger partial charge in [-0.1, -0.05) is 39.3 Å². The van der Waals surface area contributed by atoms with Crippen LogP contribution in [-0.4, -0.2) is 24.4 Å². The number of rotatable bonds is 6. The Morgan fingerprint density at radius 3 is 2.14 bits per heavy atom. The SMILES string of the molecule is CC(C)CNC(=O)[C@@H](NC(=O)c1ccc(Cl)cc1)C(C)C. The smallest absolute Gasteiger partial charge is 0.251 e. The van der Waals surface area contributed by atoms with Gasteiger partial charge in [0.1, 0.15) is 6.04 Å². The van der Waals surface area contributed by atoms with Gasteiger partial charge in [0, 0.05) is 17.1 Å². The van der Waals surface area contributed by atoms with Gasteiger partial charge in [-0.15, -0.1) is 0 Å². The summed E-state index contributed by atoms with van der Waals surface area (Å²) in [5, 5.41) is 6.21. The molecule has 1 aromatic rings. The third kappa shape index (κ3) is 5.76. The topological polar surface area (TPSA) is 58.2 Å². The fourth-order valence-corrected chi connectivity index (χ4v) is 1.90. The van der Waals surface area contributed by atoms with Crippen LogP contribution in [0.4, 0.5) is 0 Å². The van der Waals surface area contributed by atoms with Crippen LogP contribution in [0.2, 0.25) is 5.02 Å². The molecule has 0 saturated carbocycles. The zero-order valence-corrected chi connectivity index (χ0v) is 13.7. The van der Waals surface area contributed by atoms with Gasteiger partial charge in [0.15, 0.2) is 0 Å². The van der Waals surface area contributed by atoms with E-state index in [2.05, 4.69) is 10.6 Å². The first-order chi connectivity index (χ1) is 9.81. The average molecular weight is 311 g/mol. The highest BCUT2D eigenvalue weighted by Crippen LogP contribution is 2.10. The van der Waals surface area contributed by atoms with Gasteiger partial charge in [0.05, 0.1) is 0 Å². The molecule has 0 bridgehead atoms. The molecule has 0 heterocycles. The first-order valence-electron chi connectivity index (χ1n) is 7.15. The second-order valence-corrected chi connectivity index (χ2v) is 6.28. The molecule has 0 saturated heterocycles. The zero-order valence-electron chi connectivity index (χ0n) is 12.9. The Labute approximate surface area is 131 Å². The van der Waals surface area contributed by atoms with Crippen LogP contribution in [0.25, 0.3) is 0 Å². The first-order valence-corrected chi connectivity index (χ1v) is 7.53. The minimum Gasteiger partial charge on any atom is -0.354 e. The third-order valence-electron chi connectivity index (χ3n) is 3.03. The average Bonchev–Trinajstić information content (AvgIpc) is 2.42. The van der Waals surface area contributed by atoms with Crippen molar-refractivity contribution < 1.29 is 9.59 Å². The molecule has 2 N–H and O–H groups in total. The molecule has 21 heavy (non-hydrogen) atoms. The van der Waals surface area contributed by atoms with Crippen LogP contribution in [0.3, 0.4) is 0 Å². The maximum Gasteiger partial charge on any atom is 0.251 e. The summed E-state index contributed by atoms with van der Waals surface area (Å²) in [5.74, 6) is -0.0479. The predicted octanol–water partition coefficient (Wildman–Crippen LogP) is 2.87. The van der Waals surface area contributed by atoms with E-state index in [0.29, 0.717) is 23.0 Å². The molecule has 0 aliphatic heterocycles. The number of nitrogens with one attached hydrogen (secondary N) is 2. The summed E-state index contributed by atoms with van der Waals surface area (Å²) in [6, 6.07) is 6.04. The van der Waals surface area contributed by atoms with Crippen LogP contribution in [0.1, 0.15) is 38.1 Å². The van der Waals surface area contributed by atoms with E-state index in [1.807, 2.05) is 27.7 Å². The number of hydrogen-bond acceptors (Lipinski definition) is 2. The molecule has 0 unspecified atom stereocenters. The van der Waals surface area contributed by atoms with E-state index in [1.165, 1.54) is 0 Å². The minimum atomic E-state index is -0.549. The summed E-state index contributed by atoms with van der Waals surface area (Å²) in [4.78, 5) is 24.3. The molecule has 0 fully saturated rings. The molecule has 116 valence electrons. The maximum atomic E-state index is 12.2. The number of carbonyl (C=O) groups is 2. The second-order valence-electron chi connectivity index (χ2n) is 5.84. The lowest BCUT2D eigenvalue weighted by molar-refractivity contribution is -0.124. The lowest BCUT2D eigenvalue weighted by Gasteiger charge is -2.22. The largest absolute Gasteiger partial charge is 0.354 e. The third-order valence-corrected chi connectivity index (χ3v) is 3.28. The van der Waals surface area contributed by atoms with Crippen LogP contribution in [-0.2, 0) is 4.79 Å². The molecule has 0 aliphatic rings. The molecular weight excluding hydrogens is 288 g/mol. The minimum absolute atomic E-state index is 0.00779. The van der Waals surface area contributed by atoms with Crippen molar-refractivity contribution in [1.29, 1.82) is 0 Å². The van der Waals surface area contributed by atoms with Crippen molar-refractivity contribution in [1.82, 2.24) is 10.6 Å². The molecule has 1 atom stereocenters. The van der Waals surface area contributed by atoms with Crippen molar-refractivity contribution in [2.75, 3.05) is 6.54 Å². The Morgan fingerprint density at radius 2 is 1.67 bits per heavy atom. The van der Waals surface area contributed by atoms with E-state index >= 15 is 0 Å². The Hall–Kier alpha value is -1.55. The van der Waals surface area contributed by atoms with Gasteiger partial charge in [-0.3, -0.25) is 9.59 Å². The molecule has 1 rings (SSSR count). The van der Waals surface area contributed by atoms with E-state index in [4.69, 9.17) is 11.6 Å². The van der Waals surface area contributed by atoms with Crippen molar-refractivity contribution >= 4 is 23.4 Å². The van der Waals surface area contributed by atoms with Gasteiger partial charge >= 0.3 is 0 Å². The zero-order chi connectivity index (χ0) is 16.0. The van der Waals surface area contributed by atoms with Crippen molar-refractivity contribution in [2.45, 2.75) is 33.7 Å². The van der Waals surface area contributed by atoms with Crippen molar-refractivity contribution in [3.05, 3.63) is 34.9 Å². The van der Waals surface area contributed by atoms with Crippen LogP contribution < -0.4 is 10.6 Å². The van der Waals surface area contributed by atoms with Crippen molar-refractivity contribution in [3.8, 4) is 0 Å². The molecular formula is C16H23ClN2O2. The summed E-state index contributed by atoms with van der Waals surface area (Å²) < 4.78 is 0. The number of benzene rings is 1. The molecule has 0 radical (unpaired) electrons. The fourth-order valence-electron chi connectivity index (χ4n) is 1.78.